The zero-order chi connectivity index (χ0) is 24.1. The van der Waals surface area contributed by atoms with Gasteiger partial charge in [0.15, 0.2) is 11.2 Å². The number of rotatable bonds is 6. The summed E-state index contributed by atoms with van der Waals surface area (Å²) in [5.41, 5.74) is 3.05. The molecule has 2 saturated heterocycles. The highest BCUT2D eigenvalue weighted by Gasteiger charge is 2.24. The number of hydrogen-bond donors (Lipinski definition) is 1. The maximum atomic E-state index is 13.0. The summed E-state index contributed by atoms with van der Waals surface area (Å²) in [4.78, 5) is 30.2. The molecule has 184 valence electrons. The molecule has 2 atom stereocenters. The SMILES string of the molecule is Cn1c(=O)c2c(nc3n(C[C@H]4CCCO4)c(-c4ccc(NC[C@H]5CCCO5)cc4)cn23)n(C)c1=O. The first kappa shape index (κ1) is 22.1. The number of aryl methyl sites for hydroxylation is 1. The van der Waals surface area contributed by atoms with Gasteiger partial charge in [-0.2, -0.15) is 4.98 Å². The Balaban J connectivity index is 1.43. The van der Waals surface area contributed by atoms with Crippen LogP contribution in [0.4, 0.5) is 5.69 Å². The number of nitrogens with zero attached hydrogens (tertiary/aromatic N) is 5. The number of benzene rings is 1. The van der Waals surface area contributed by atoms with E-state index in [1.54, 1.807) is 7.05 Å². The first-order valence-corrected chi connectivity index (χ1v) is 12.3. The summed E-state index contributed by atoms with van der Waals surface area (Å²) >= 11 is 0. The average molecular weight is 479 g/mol. The molecule has 0 spiro atoms. The van der Waals surface area contributed by atoms with Crippen LogP contribution in [0.3, 0.4) is 0 Å². The molecule has 0 unspecified atom stereocenters. The van der Waals surface area contributed by atoms with E-state index < -0.39 is 0 Å². The molecule has 10 nitrogen and oxygen atoms in total. The minimum Gasteiger partial charge on any atom is -0.382 e. The Kier molecular flexibility index (Phi) is 5.49. The summed E-state index contributed by atoms with van der Waals surface area (Å²) in [5.74, 6) is 0.629. The van der Waals surface area contributed by atoms with Crippen molar-refractivity contribution in [2.75, 3.05) is 25.1 Å². The van der Waals surface area contributed by atoms with Gasteiger partial charge < -0.3 is 19.4 Å². The fourth-order valence-electron chi connectivity index (χ4n) is 5.21. The molecule has 0 amide bonds. The number of aromatic nitrogens is 5. The summed E-state index contributed by atoms with van der Waals surface area (Å²) < 4.78 is 18.1. The molecule has 1 aromatic carbocycles. The third-order valence-electron chi connectivity index (χ3n) is 7.21. The fourth-order valence-corrected chi connectivity index (χ4v) is 5.21. The molecule has 2 aliphatic heterocycles. The molecule has 0 bridgehead atoms. The van der Waals surface area contributed by atoms with Gasteiger partial charge in [0.05, 0.1) is 24.4 Å². The number of anilines is 1. The lowest BCUT2D eigenvalue weighted by Crippen LogP contribution is -2.37. The Morgan fingerprint density at radius 1 is 1.00 bits per heavy atom. The summed E-state index contributed by atoms with van der Waals surface area (Å²) in [5, 5.41) is 3.46. The van der Waals surface area contributed by atoms with Crippen LogP contribution < -0.4 is 16.6 Å². The van der Waals surface area contributed by atoms with Gasteiger partial charge in [0.25, 0.3) is 5.56 Å². The van der Waals surface area contributed by atoms with E-state index in [2.05, 4.69) is 34.1 Å². The lowest BCUT2D eigenvalue weighted by Gasteiger charge is -2.15. The van der Waals surface area contributed by atoms with Crippen molar-refractivity contribution in [3.8, 4) is 11.3 Å². The van der Waals surface area contributed by atoms with E-state index in [-0.39, 0.29) is 23.5 Å². The van der Waals surface area contributed by atoms with E-state index in [4.69, 9.17) is 14.5 Å². The monoisotopic (exact) mass is 478 g/mol. The highest BCUT2D eigenvalue weighted by atomic mass is 16.5. The predicted octanol–water partition coefficient (Wildman–Crippen LogP) is 2.12. The molecule has 0 radical (unpaired) electrons. The zero-order valence-electron chi connectivity index (χ0n) is 20.1. The van der Waals surface area contributed by atoms with Crippen LogP contribution in [0.5, 0.6) is 0 Å². The normalized spacial score (nSPS) is 20.4. The molecule has 1 N–H and O–H groups in total. The van der Waals surface area contributed by atoms with Crippen molar-refractivity contribution in [3.63, 3.8) is 0 Å². The lowest BCUT2D eigenvalue weighted by atomic mass is 10.1. The van der Waals surface area contributed by atoms with Gasteiger partial charge >= 0.3 is 5.69 Å². The van der Waals surface area contributed by atoms with Gasteiger partial charge in [0.2, 0.25) is 5.78 Å². The van der Waals surface area contributed by atoms with Crippen LogP contribution in [-0.2, 0) is 30.1 Å². The third kappa shape index (κ3) is 3.77. The number of nitrogens with one attached hydrogen (secondary N) is 1. The quantitative estimate of drug-likeness (QED) is 0.456. The molecular weight excluding hydrogens is 448 g/mol. The lowest BCUT2D eigenvalue weighted by molar-refractivity contribution is 0.0981. The van der Waals surface area contributed by atoms with Crippen LogP contribution in [0.1, 0.15) is 25.7 Å². The van der Waals surface area contributed by atoms with Crippen molar-refractivity contribution < 1.29 is 9.47 Å². The summed E-state index contributed by atoms with van der Waals surface area (Å²) in [6, 6.07) is 8.29. The molecule has 0 saturated carbocycles. The van der Waals surface area contributed by atoms with Crippen LogP contribution in [0, 0.1) is 0 Å². The van der Waals surface area contributed by atoms with Crippen molar-refractivity contribution in [1.82, 2.24) is 23.1 Å². The molecule has 35 heavy (non-hydrogen) atoms. The van der Waals surface area contributed by atoms with Crippen molar-refractivity contribution in [2.24, 2.45) is 14.1 Å². The van der Waals surface area contributed by atoms with Crippen LogP contribution in [0.25, 0.3) is 28.2 Å². The highest BCUT2D eigenvalue weighted by molar-refractivity contribution is 5.78. The maximum absolute atomic E-state index is 13.0. The van der Waals surface area contributed by atoms with E-state index >= 15 is 0 Å². The first-order valence-electron chi connectivity index (χ1n) is 12.3. The van der Waals surface area contributed by atoms with Gasteiger partial charge in [-0.05, 0) is 43.4 Å². The number of fused-ring (bicyclic) bond motifs is 3. The Labute approximate surface area is 201 Å². The van der Waals surface area contributed by atoms with E-state index in [0.29, 0.717) is 23.5 Å². The van der Waals surface area contributed by atoms with Crippen LogP contribution in [-0.4, -0.2) is 55.1 Å². The molecule has 10 heteroatoms. The van der Waals surface area contributed by atoms with Gasteiger partial charge in [-0.25, -0.2) is 4.79 Å². The number of imidazole rings is 2. The van der Waals surface area contributed by atoms with Gasteiger partial charge in [-0.15, -0.1) is 0 Å². The molecule has 5 heterocycles. The third-order valence-corrected chi connectivity index (χ3v) is 7.21. The van der Waals surface area contributed by atoms with Gasteiger partial charge in [-0.1, -0.05) is 12.1 Å². The molecule has 6 rings (SSSR count). The van der Waals surface area contributed by atoms with Crippen molar-refractivity contribution in [2.45, 2.75) is 44.4 Å². The first-order chi connectivity index (χ1) is 17.0. The van der Waals surface area contributed by atoms with Gasteiger partial charge in [0.1, 0.15) is 0 Å². The van der Waals surface area contributed by atoms with E-state index in [9.17, 15) is 9.59 Å². The Hall–Kier alpha value is -3.37. The second-order valence-electron chi connectivity index (χ2n) is 9.51. The topological polar surface area (TPSA) is 96.7 Å². The van der Waals surface area contributed by atoms with E-state index in [1.165, 1.54) is 11.6 Å². The van der Waals surface area contributed by atoms with Crippen molar-refractivity contribution in [1.29, 1.82) is 0 Å². The number of ether oxygens (including phenoxy) is 2. The second-order valence-corrected chi connectivity index (χ2v) is 9.51. The summed E-state index contributed by atoms with van der Waals surface area (Å²) in [6.45, 7) is 3.04. The summed E-state index contributed by atoms with van der Waals surface area (Å²) in [6.07, 6.45) is 6.55. The molecule has 4 aromatic rings. The smallest absolute Gasteiger partial charge is 0.332 e. The van der Waals surface area contributed by atoms with Crippen LogP contribution in [0.2, 0.25) is 0 Å². The Morgan fingerprint density at radius 2 is 1.71 bits per heavy atom. The van der Waals surface area contributed by atoms with Crippen molar-refractivity contribution >= 4 is 22.6 Å². The average Bonchev–Trinajstić information content (AvgIpc) is 3.67. The number of hydrogen-bond acceptors (Lipinski definition) is 6. The van der Waals surface area contributed by atoms with E-state index in [1.807, 2.05) is 10.6 Å². The Morgan fingerprint density at radius 3 is 2.40 bits per heavy atom. The molecule has 3 aromatic heterocycles. The molecular formula is C25H30N6O4. The van der Waals surface area contributed by atoms with Gasteiger partial charge in [-0.3, -0.25) is 18.3 Å². The minimum absolute atomic E-state index is 0.0868. The molecule has 0 aliphatic carbocycles. The fraction of sp³-hybridized carbons (Fsp3) is 0.480. The van der Waals surface area contributed by atoms with E-state index in [0.717, 1.165) is 67.0 Å². The summed E-state index contributed by atoms with van der Waals surface area (Å²) in [7, 11) is 3.14. The van der Waals surface area contributed by atoms with Gasteiger partial charge in [0, 0.05) is 45.7 Å². The predicted molar refractivity (Wildman–Crippen MR) is 133 cm³/mol. The maximum Gasteiger partial charge on any atom is 0.332 e. The van der Waals surface area contributed by atoms with Crippen molar-refractivity contribution in [3.05, 3.63) is 51.3 Å². The highest BCUT2D eigenvalue weighted by Crippen LogP contribution is 2.28. The van der Waals surface area contributed by atoms with Crippen LogP contribution >= 0.6 is 0 Å². The Bertz CT molecular complexity index is 1500. The standard InChI is InChI=1S/C25H30N6O4/c1-28-22-21(23(32)29(2)25(28)33)31-15-20(30(24(31)27-22)14-19-6-4-12-35-19)16-7-9-17(10-8-16)26-13-18-5-3-11-34-18/h7-10,15,18-19,26H,3-6,11-14H2,1-2H3/t18-,19-/m1/s1. The second kappa shape index (κ2) is 8.69. The van der Waals surface area contributed by atoms with Crippen LogP contribution in [0.15, 0.2) is 40.1 Å². The molecule has 2 aliphatic rings. The minimum atomic E-state index is -0.389. The molecule has 2 fully saturated rings. The largest absolute Gasteiger partial charge is 0.382 e. The zero-order valence-corrected chi connectivity index (χ0v) is 20.1.